The van der Waals surface area contributed by atoms with E-state index in [2.05, 4.69) is 5.32 Å². The molecule has 1 aliphatic rings. The number of nitrogens with one attached hydrogen (secondary N) is 1. The molecule has 3 rings (SSSR count). The Bertz CT molecular complexity index is 816. The normalized spacial score (nSPS) is 16.8. The van der Waals surface area contributed by atoms with E-state index in [1.165, 1.54) is 0 Å². The maximum absolute atomic E-state index is 12.6. The second-order valence-electron chi connectivity index (χ2n) is 6.38. The van der Waals surface area contributed by atoms with Gasteiger partial charge in [0.15, 0.2) is 0 Å². The Morgan fingerprint density at radius 2 is 1.96 bits per heavy atom. The van der Waals surface area contributed by atoms with Crippen molar-refractivity contribution in [3.05, 3.63) is 53.6 Å². The third-order valence-corrected chi connectivity index (χ3v) is 4.52. The van der Waals surface area contributed by atoms with Gasteiger partial charge in [-0.25, -0.2) is 0 Å². The Morgan fingerprint density at radius 1 is 1.20 bits per heavy atom. The molecular weight excluding hydrogens is 316 g/mol. The highest BCUT2D eigenvalue weighted by Gasteiger charge is 2.36. The van der Waals surface area contributed by atoms with Crippen LogP contribution in [0.2, 0.25) is 0 Å². The van der Waals surface area contributed by atoms with Gasteiger partial charge in [0.1, 0.15) is 5.75 Å². The quantitative estimate of drug-likeness (QED) is 0.930. The molecule has 2 amide bonds. The van der Waals surface area contributed by atoms with E-state index in [4.69, 9.17) is 4.74 Å². The molecule has 1 aliphatic heterocycles. The van der Waals surface area contributed by atoms with E-state index in [0.29, 0.717) is 18.0 Å². The Labute approximate surface area is 147 Å². The van der Waals surface area contributed by atoms with Crippen LogP contribution in [0.5, 0.6) is 5.75 Å². The van der Waals surface area contributed by atoms with Crippen LogP contribution in [-0.4, -0.2) is 25.5 Å². The third-order valence-electron chi connectivity index (χ3n) is 4.52. The van der Waals surface area contributed by atoms with Crippen LogP contribution in [0, 0.1) is 19.8 Å². The molecule has 0 aliphatic carbocycles. The van der Waals surface area contributed by atoms with Gasteiger partial charge in [0, 0.05) is 18.7 Å². The van der Waals surface area contributed by atoms with Gasteiger partial charge in [0.25, 0.3) is 0 Å². The fourth-order valence-corrected chi connectivity index (χ4v) is 3.07. The maximum Gasteiger partial charge on any atom is 0.229 e. The highest BCUT2D eigenvalue weighted by atomic mass is 16.5. The Hall–Kier alpha value is -2.82. The summed E-state index contributed by atoms with van der Waals surface area (Å²) in [5, 5.41) is 2.97. The zero-order chi connectivity index (χ0) is 18.0. The van der Waals surface area contributed by atoms with Crippen LogP contribution in [0.4, 0.5) is 11.4 Å². The largest absolute Gasteiger partial charge is 0.495 e. The van der Waals surface area contributed by atoms with Crippen molar-refractivity contribution >= 4 is 23.2 Å². The first-order chi connectivity index (χ1) is 12.0. The first-order valence-electron chi connectivity index (χ1n) is 8.31. The van der Waals surface area contributed by atoms with E-state index >= 15 is 0 Å². The number of carbonyl (C=O) groups is 2. The van der Waals surface area contributed by atoms with Gasteiger partial charge in [0.2, 0.25) is 11.8 Å². The van der Waals surface area contributed by atoms with Crippen LogP contribution in [0.1, 0.15) is 17.5 Å². The van der Waals surface area contributed by atoms with Gasteiger partial charge in [-0.15, -0.1) is 0 Å². The van der Waals surface area contributed by atoms with Crippen LogP contribution < -0.4 is 15.0 Å². The van der Waals surface area contributed by atoms with Crippen molar-refractivity contribution < 1.29 is 14.3 Å². The molecule has 1 heterocycles. The van der Waals surface area contributed by atoms with E-state index in [0.717, 1.165) is 16.8 Å². The minimum Gasteiger partial charge on any atom is -0.495 e. The standard InChI is InChI=1S/C20H22N2O3/c1-13-8-9-14(2)16(10-13)21-20(24)15-11-19(23)22(12-15)17-6-4-5-7-18(17)25-3/h4-10,15H,11-12H2,1-3H3,(H,21,24)/t15-/m0/s1. The van der Waals surface area contributed by atoms with Crippen LogP contribution in [-0.2, 0) is 9.59 Å². The van der Waals surface area contributed by atoms with Crippen molar-refractivity contribution in [2.24, 2.45) is 5.92 Å². The lowest BCUT2D eigenvalue weighted by atomic mass is 10.1. The van der Waals surface area contributed by atoms with E-state index in [9.17, 15) is 9.59 Å². The molecule has 1 atom stereocenters. The number of hydrogen-bond acceptors (Lipinski definition) is 3. The van der Waals surface area contributed by atoms with Gasteiger partial charge >= 0.3 is 0 Å². The van der Waals surface area contributed by atoms with Crippen molar-refractivity contribution in [1.82, 2.24) is 0 Å². The van der Waals surface area contributed by atoms with Gasteiger partial charge in [-0.2, -0.15) is 0 Å². The zero-order valence-corrected chi connectivity index (χ0v) is 14.7. The predicted octanol–water partition coefficient (Wildman–Crippen LogP) is 3.30. The minimum atomic E-state index is -0.377. The second-order valence-corrected chi connectivity index (χ2v) is 6.38. The van der Waals surface area contributed by atoms with Gasteiger partial charge in [-0.1, -0.05) is 24.3 Å². The number of benzene rings is 2. The van der Waals surface area contributed by atoms with Crippen LogP contribution >= 0.6 is 0 Å². The number of ether oxygens (including phenoxy) is 1. The summed E-state index contributed by atoms with van der Waals surface area (Å²) >= 11 is 0. The summed E-state index contributed by atoms with van der Waals surface area (Å²) in [5.74, 6) is 0.0637. The van der Waals surface area contributed by atoms with Gasteiger partial charge < -0.3 is 15.0 Å². The molecule has 0 radical (unpaired) electrons. The molecule has 0 spiro atoms. The van der Waals surface area contributed by atoms with Crippen LogP contribution in [0.3, 0.4) is 0 Å². The fourth-order valence-electron chi connectivity index (χ4n) is 3.07. The number of anilines is 2. The average Bonchev–Trinajstić information content (AvgIpc) is 3.00. The molecular formula is C20H22N2O3. The first-order valence-corrected chi connectivity index (χ1v) is 8.31. The highest BCUT2D eigenvalue weighted by Crippen LogP contribution is 2.33. The smallest absolute Gasteiger partial charge is 0.229 e. The Morgan fingerprint density at radius 3 is 2.72 bits per heavy atom. The van der Waals surface area contributed by atoms with Crippen LogP contribution in [0.25, 0.3) is 0 Å². The number of methoxy groups -OCH3 is 1. The zero-order valence-electron chi connectivity index (χ0n) is 14.7. The summed E-state index contributed by atoms with van der Waals surface area (Å²) in [5.41, 5.74) is 3.59. The second kappa shape index (κ2) is 6.97. The van der Waals surface area contributed by atoms with Crippen molar-refractivity contribution in [2.75, 3.05) is 23.9 Å². The highest BCUT2D eigenvalue weighted by molar-refractivity contribution is 6.04. The number of para-hydroxylation sites is 2. The molecule has 1 saturated heterocycles. The number of rotatable bonds is 4. The lowest BCUT2D eigenvalue weighted by Gasteiger charge is -2.19. The van der Waals surface area contributed by atoms with Gasteiger partial charge in [-0.05, 0) is 43.2 Å². The molecule has 0 bridgehead atoms. The molecule has 130 valence electrons. The molecule has 2 aromatic rings. The first kappa shape index (κ1) is 17.0. The topological polar surface area (TPSA) is 58.6 Å². The van der Waals surface area contributed by atoms with E-state index in [-0.39, 0.29) is 24.2 Å². The molecule has 1 fully saturated rings. The number of aryl methyl sites for hydroxylation is 2. The van der Waals surface area contributed by atoms with Crippen molar-refractivity contribution in [1.29, 1.82) is 0 Å². The number of hydrogen-bond donors (Lipinski definition) is 1. The summed E-state index contributed by atoms with van der Waals surface area (Å²) in [6.45, 7) is 4.30. The molecule has 0 saturated carbocycles. The summed E-state index contributed by atoms with van der Waals surface area (Å²) < 4.78 is 5.33. The van der Waals surface area contributed by atoms with Gasteiger partial charge in [-0.3, -0.25) is 9.59 Å². The van der Waals surface area contributed by atoms with E-state index < -0.39 is 0 Å². The summed E-state index contributed by atoms with van der Waals surface area (Å²) in [6, 6.07) is 13.3. The van der Waals surface area contributed by atoms with Crippen LogP contribution in [0.15, 0.2) is 42.5 Å². The lowest BCUT2D eigenvalue weighted by molar-refractivity contribution is -0.122. The molecule has 25 heavy (non-hydrogen) atoms. The number of amides is 2. The number of carbonyl (C=O) groups excluding carboxylic acids is 2. The SMILES string of the molecule is COc1ccccc1N1C[C@@H](C(=O)Nc2cc(C)ccc2C)CC1=O. The van der Waals surface area contributed by atoms with Crippen molar-refractivity contribution in [2.45, 2.75) is 20.3 Å². The molecule has 0 unspecified atom stereocenters. The Balaban J connectivity index is 1.76. The van der Waals surface area contributed by atoms with Crippen molar-refractivity contribution in [3.8, 4) is 5.75 Å². The predicted molar refractivity (Wildman–Crippen MR) is 98.0 cm³/mol. The monoisotopic (exact) mass is 338 g/mol. The molecule has 0 aromatic heterocycles. The summed E-state index contributed by atoms with van der Waals surface area (Å²) in [6.07, 6.45) is 0.203. The molecule has 5 nitrogen and oxygen atoms in total. The third kappa shape index (κ3) is 3.50. The average molecular weight is 338 g/mol. The molecule has 1 N–H and O–H groups in total. The van der Waals surface area contributed by atoms with Crippen molar-refractivity contribution in [3.63, 3.8) is 0 Å². The summed E-state index contributed by atoms with van der Waals surface area (Å²) in [4.78, 5) is 26.7. The molecule has 2 aromatic carbocycles. The molecule has 5 heteroatoms. The van der Waals surface area contributed by atoms with E-state index in [1.54, 1.807) is 12.0 Å². The minimum absolute atomic E-state index is 0.0642. The lowest BCUT2D eigenvalue weighted by Crippen LogP contribution is -2.28. The number of nitrogens with zero attached hydrogens (tertiary/aromatic N) is 1. The maximum atomic E-state index is 12.6. The van der Waals surface area contributed by atoms with Gasteiger partial charge in [0.05, 0.1) is 18.7 Å². The Kier molecular flexibility index (Phi) is 4.74. The fraction of sp³-hybridized carbons (Fsp3) is 0.300. The summed E-state index contributed by atoms with van der Waals surface area (Å²) in [7, 11) is 1.57. The van der Waals surface area contributed by atoms with E-state index in [1.807, 2.05) is 56.3 Å².